The van der Waals surface area contributed by atoms with Gasteiger partial charge < -0.3 is 9.40 Å². The first-order valence-corrected chi connectivity index (χ1v) is 10.6. The van der Waals surface area contributed by atoms with Crippen LogP contribution in [-0.4, -0.2) is 40.8 Å². The van der Waals surface area contributed by atoms with Gasteiger partial charge in [0, 0.05) is 28.4 Å². The molecule has 5 heteroatoms. The second kappa shape index (κ2) is 7.36. The maximum Gasteiger partial charge on any atom is 0.365 e. The van der Waals surface area contributed by atoms with E-state index < -0.39 is 11.5 Å². The lowest BCUT2D eigenvalue weighted by molar-refractivity contribution is 0.0506. The number of hydrogen-bond acceptors (Lipinski definition) is 4. The highest BCUT2D eigenvalue weighted by Gasteiger charge is 2.43. The van der Waals surface area contributed by atoms with Gasteiger partial charge in [-0.05, 0) is 38.7 Å². The third-order valence-corrected chi connectivity index (χ3v) is 6.58. The van der Waals surface area contributed by atoms with E-state index >= 15 is 0 Å². The SMILES string of the molecule is CCC1(N(C)C)Cn2c3ccccc3c3cccc(c32)/C1=N/OC(=O)c1ccccc1. The molecule has 0 radical (unpaired) electrons. The molecule has 5 rings (SSSR count). The summed E-state index contributed by atoms with van der Waals surface area (Å²) in [5, 5.41) is 6.93. The molecule has 2 heterocycles. The number of oxime groups is 1. The third-order valence-electron chi connectivity index (χ3n) is 6.58. The molecule has 1 aliphatic rings. The van der Waals surface area contributed by atoms with Crippen molar-refractivity contribution in [3.05, 3.63) is 83.9 Å². The maximum atomic E-state index is 12.6. The number of carbonyl (C=O) groups excluding carboxylic acids is 1. The van der Waals surface area contributed by atoms with Gasteiger partial charge in [-0.1, -0.05) is 66.7 Å². The molecule has 1 aliphatic heterocycles. The van der Waals surface area contributed by atoms with E-state index in [1.54, 1.807) is 12.1 Å². The van der Waals surface area contributed by atoms with Crippen molar-refractivity contribution in [2.45, 2.75) is 25.4 Å². The molecule has 0 saturated heterocycles. The molecule has 0 N–H and O–H groups in total. The minimum atomic E-state index is -0.449. The minimum Gasteiger partial charge on any atom is -0.338 e. The zero-order valence-corrected chi connectivity index (χ0v) is 18.0. The van der Waals surface area contributed by atoms with E-state index in [4.69, 9.17) is 4.84 Å². The summed E-state index contributed by atoms with van der Waals surface area (Å²) < 4.78 is 2.39. The number of hydrogen-bond donors (Lipinski definition) is 0. The van der Waals surface area contributed by atoms with Gasteiger partial charge in [0.1, 0.15) is 5.71 Å². The predicted octanol–water partition coefficient (Wildman–Crippen LogP) is 5.08. The van der Waals surface area contributed by atoms with Crippen molar-refractivity contribution in [2.75, 3.05) is 14.1 Å². The van der Waals surface area contributed by atoms with E-state index in [9.17, 15) is 4.79 Å². The Bertz CT molecular complexity index is 1320. The first kappa shape index (κ1) is 19.5. The molecular formula is C26H25N3O2. The summed E-state index contributed by atoms with van der Waals surface area (Å²) in [6.45, 7) is 2.89. The summed E-state index contributed by atoms with van der Waals surface area (Å²) in [4.78, 5) is 20.3. The van der Waals surface area contributed by atoms with Crippen LogP contribution in [0.4, 0.5) is 0 Å². The fourth-order valence-electron chi connectivity index (χ4n) is 4.85. The predicted molar refractivity (Wildman–Crippen MR) is 125 cm³/mol. The van der Waals surface area contributed by atoms with Gasteiger partial charge in [-0.2, -0.15) is 0 Å². The fraction of sp³-hybridized carbons (Fsp3) is 0.231. The van der Waals surface area contributed by atoms with Crippen LogP contribution < -0.4 is 0 Å². The second-order valence-corrected chi connectivity index (χ2v) is 8.27. The van der Waals surface area contributed by atoms with Gasteiger partial charge in [-0.25, -0.2) is 4.79 Å². The summed E-state index contributed by atoms with van der Waals surface area (Å²) in [5.41, 5.74) is 4.25. The minimum absolute atomic E-state index is 0.403. The molecule has 0 aliphatic carbocycles. The van der Waals surface area contributed by atoms with Crippen molar-refractivity contribution in [1.82, 2.24) is 9.47 Å². The number of fused-ring (bicyclic) bond motifs is 3. The monoisotopic (exact) mass is 411 g/mol. The van der Waals surface area contributed by atoms with Crippen LogP contribution >= 0.6 is 0 Å². The Morgan fingerprint density at radius 1 is 1.00 bits per heavy atom. The first-order valence-electron chi connectivity index (χ1n) is 10.6. The molecular weight excluding hydrogens is 386 g/mol. The zero-order chi connectivity index (χ0) is 21.6. The number of likely N-dealkylation sites (N-methyl/N-ethyl adjacent to an activating group) is 1. The highest BCUT2D eigenvalue weighted by Crippen LogP contribution is 2.40. The van der Waals surface area contributed by atoms with E-state index in [2.05, 4.69) is 78.1 Å². The van der Waals surface area contributed by atoms with Gasteiger partial charge in [0.25, 0.3) is 0 Å². The smallest absolute Gasteiger partial charge is 0.338 e. The second-order valence-electron chi connectivity index (χ2n) is 8.27. The van der Waals surface area contributed by atoms with Crippen LogP contribution in [0, 0.1) is 0 Å². The van der Waals surface area contributed by atoms with Crippen molar-refractivity contribution >= 4 is 33.5 Å². The van der Waals surface area contributed by atoms with Crippen molar-refractivity contribution in [1.29, 1.82) is 0 Å². The largest absolute Gasteiger partial charge is 0.365 e. The summed E-state index contributed by atoms with van der Waals surface area (Å²) >= 11 is 0. The van der Waals surface area contributed by atoms with Gasteiger partial charge in [-0.15, -0.1) is 0 Å². The highest BCUT2D eigenvalue weighted by atomic mass is 16.7. The maximum absolute atomic E-state index is 12.6. The average molecular weight is 412 g/mol. The lowest BCUT2D eigenvalue weighted by Gasteiger charge is -2.43. The molecule has 0 spiro atoms. The number of nitrogens with zero attached hydrogens (tertiary/aromatic N) is 3. The van der Waals surface area contributed by atoms with E-state index in [0.29, 0.717) is 5.56 Å². The third kappa shape index (κ3) is 2.88. The van der Waals surface area contributed by atoms with Crippen LogP contribution in [0.5, 0.6) is 0 Å². The standard InChI is InChI=1S/C26H25N3O2/c1-4-26(28(2)3)17-29-22-16-9-8-13-19(22)20-14-10-15-21(23(20)29)24(26)27-31-25(30)18-11-6-5-7-12-18/h5-16H,4,17H2,1-3H3/b27-24-. The van der Waals surface area contributed by atoms with Crippen LogP contribution in [0.1, 0.15) is 29.3 Å². The Morgan fingerprint density at radius 2 is 1.71 bits per heavy atom. The van der Waals surface area contributed by atoms with Crippen molar-refractivity contribution in [3.8, 4) is 0 Å². The molecule has 1 unspecified atom stereocenters. The summed E-state index contributed by atoms with van der Waals surface area (Å²) in [6.07, 6.45) is 0.823. The average Bonchev–Trinajstić information content (AvgIpc) is 3.13. The van der Waals surface area contributed by atoms with Crippen LogP contribution in [0.15, 0.2) is 78.0 Å². The lowest BCUT2D eigenvalue weighted by Crippen LogP contribution is -2.56. The van der Waals surface area contributed by atoms with E-state index in [1.807, 2.05) is 18.2 Å². The molecule has 3 aromatic carbocycles. The molecule has 4 aromatic rings. The van der Waals surface area contributed by atoms with Gasteiger partial charge in [0.05, 0.1) is 16.6 Å². The molecule has 1 atom stereocenters. The Morgan fingerprint density at radius 3 is 2.45 bits per heavy atom. The van der Waals surface area contributed by atoms with E-state index in [-0.39, 0.29) is 0 Å². The Hall–Kier alpha value is -3.44. The molecule has 31 heavy (non-hydrogen) atoms. The van der Waals surface area contributed by atoms with Crippen LogP contribution in [-0.2, 0) is 11.4 Å². The quantitative estimate of drug-likeness (QED) is 0.348. The number of aromatic nitrogens is 1. The highest BCUT2D eigenvalue weighted by molar-refractivity contribution is 6.21. The Labute approximate surface area is 181 Å². The molecule has 0 fully saturated rings. The number of carbonyl (C=O) groups is 1. The summed E-state index contributed by atoms with van der Waals surface area (Å²) in [6, 6.07) is 23.8. The normalized spacial score (nSPS) is 19.4. The molecule has 156 valence electrons. The van der Waals surface area contributed by atoms with Gasteiger partial charge in [0.2, 0.25) is 0 Å². The van der Waals surface area contributed by atoms with Crippen molar-refractivity contribution in [3.63, 3.8) is 0 Å². The Kier molecular flexibility index (Phi) is 4.63. The summed E-state index contributed by atoms with van der Waals surface area (Å²) in [5.74, 6) is -0.449. The van der Waals surface area contributed by atoms with Crippen LogP contribution in [0.3, 0.4) is 0 Å². The molecule has 0 bridgehead atoms. The topological polar surface area (TPSA) is 46.8 Å². The molecule has 0 saturated carbocycles. The number of para-hydroxylation sites is 2. The van der Waals surface area contributed by atoms with Gasteiger partial charge >= 0.3 is 5.97 Å². The number of rotatable bonds is 4. The molecule has 0 amide bonds. The van der Waals surface area contributed by atoms with Crippen LogP contribution in [0.2, 0.25) is 0 Å². The Balaban J connectivity index is 1.73. The molecule has 5 nitrogen and oxygen atoms in total. The van der Waals surface area contributed by atoms with Crippen LogP contribution in [0.25, 0.3) is 21.8 Å². The van der Waals surface area contributed by atoms with Gasteiger partial charge in [-0.3, -0.25) is 4.90 Å². The summed E-state index contributed by atoms with van der Waals surface area (Å²) in [7, 11) is 4.13. The zero-order valence-electron chi connectivity index (χ0n) is 18.0. The fourth-order valence-corrected chi connectivity index (χ4v) is 4.85. The number of benzene rings is 3. The van der Waals surface area contributed by atoms with Crippen molar-refractivity contribution < 1.29 is 9.63 Å². The van der Waals surface area contributed by atoms with Crippen molar-refractivity contribution in [2.24, 2.45) is 5.16 Å². The molecule has 1 aromatic heterocycles. The first-order chi connectivity index (χ1) is 15.1. The van der Waals surface area contributed by atoms with Gasteiger partial charge in [0.15, 0.2) is 0 Å². The van der Waals surface area contributed by atoms with E-state index in [1.165, 1.54) is 16.3 Å². The lowest BCUT2D eigenvalue weighted by atomic mass is 9.81. The van der Waals surface area contributed by atoms with E-state index in [0.717, 1.165) is 29.8 Å².